The number of hydrogen-bond donors (Lipinski definition) is 2. The lowest BCUT2D eigenvalue weighted by Gasteiger charge is -2.12. The van der Waals surface area contributed by atoms with Crippen LogP contribution in [0.5, 0.6) is 0 Å². The van der Waals surface area contributed by atoms with Gasteiger partial charge in [0.25, 0.3) is 0 Å². The van der Waals surface area contributed by atoms with Crippen molar-refractivity contribution in [1.29, 1.82) is 5.26 Å². The Kier molecular flexibility index (Phi) is 5.13. The highest BCUT2D eigenvalue weighted by Gasteiger charge is 2.19. The van der Waals surface area contributed by atoms with Crippen molar-refractivity contribution in [3.8, 4) is 6.07 Å². The summed E-state index contributed by atoms with van der Waals surface area (Å²) in [6.07, 6.45) is -0.463. The van der Waals surface area contributed by atoms with Gasteiger partial charge < -0.3 is 10.2 Å². The summed E-state index contributed by atoms with van der Waals surface area (Å²) in [6, 6.07) is 7.21. The summed E-state index contributed by atoms with van der Waals surface area (Å²) < 4.78 is 0. The van der Waals surface area contributed by atoms with Crippen LogP contribution in [0.2, 0.25) is 0 Å². The van der Waals surface area contributed by atoms with Gasteiger partial charge in [-0.25, -0.2) is 4.79 Å². The number of aliphatic hydroxyl groups is 1. The minimum absolute atomic E-state index is 0.384. The summed E-state index contributed by atoms with van der Waals surface area (Å²) in [4.78, 5) is 10.7. The maximum Gasteiger partial charge on any atom is 0.337 e. The van der Waals surface area contributed by atoms with E-state index in [2.05, 4.69) is 22.0 Å². The molecular formula is C12H12BrNO3. The first-order chi connectivity index (χ1) is 8.10. The first kappa shape index (κ1) is 13.7. The number of alkyl halides is 1. The number of halogens is 1. The van der Waals surface area contributed by atoms with Gasteiger partial charge in [0.2, 0.25) is 0 Å². The van der Waals surface area contributed by atoms with Gasteiger partial charge in [-0.2, -0.15) is 5.26 Å². The molecule has 1 unspecified atom stereocenters. The zero-order valence-electron chi connectivity index (χ0n) is 9.06. The molecule has 0 amide bonds. The van der Waals surface area contributed by atoms with Crippen molar-refractivity contribution in [2.75, 3.05) is 0 Å². The molecule has 5 heteroatoms. The van der Waals surface area contributed by atoms with Crippen LogP contribution in [0.15, 0.2) is 18.2 Å². The molecule has 1 aromatic rings. The monoisotopic (exact) mass is 297 g/mol. The van der Waals surface area contributed by atoms with E-state index in [0.29, 0.717) is 23.7 Å². The van der Waals surface area contributed by atoms with Crippen LogP contribution < -0.4 is 0 Å². The summed E-state index contributed by atoms with van der Waals surface area (Å²) in [5, 5.41) is 27.2. The van der Waals surface area contributed by atoms with Crippen LogP contribution in [0, 0.1) is 11.3 Å². The molecular weight excluding hydrogens is 286 g/mol. The van der Waals surface area contributed by atoms with E-state index in [0.717, 1.165) is 11.1 Å². The highest BCUT2D eigenvalue weighted by Crippen LogP contribution is 2.22. The van der Waals surface area contributed by atoms with Gasteiger partial charge >= 0.3 is 5.97 Å². The van der Waals surface area contributed by atoms with E-state index >= 15 is 0 Å². The molecule has 0 spiro atoms. The third-order valence-electron chi connectivity index (χ3n) is 2.41. The summed E-state index contributed by atoms with van der Waals surface area (Å²) in [5.41, 5.74) is 2.08. The molecule has 0 heterocycles. The van der Waals surface area contributed by atoms with Crippen LogP contribution in [0.4, 0.5) is 0 Å². The number of nitriles is 1. The van der Waals surface area contributed by atoms with E-state index in [-0.39, 0.29) is 0 Å². The molecule has 0 saturated carbocycles. The van der Waals surface area contributed by atoms with E-state index in [1.54, 1.807) is 12.1 Å². The molecule has 2 N–H and O–H groups in total. The Morgan fingerprint density at radius 1 is 1.53 bits per heavy atom. The number of carboxylic acid groups (broad SMARTS) is 1. The number of benzene rings is 1. The molecule has 0 radical (unpaired) electrons. The van der Waals surface area contributed by atoms with Gasteiger partial charge in [-0.05, 0) is 23.1 Å². The van der Waals surface area contributed by atoms with Gasteiger partial charge in [0.1, 0.15) is 0 Å². The van der Waals surface area contributed by atoms with Gasteiger partial charge in [-0.3, -0.25) is 0 Å². The third kappa shape index (κ3) is 3.55. The summed E-state index contributed by atoms with van der Waals surface area (Å²) in [7, 11) is 0. The number of carboxylic acids is 1. The van der Waals surface area contributed by atoms with Crippen molar-refractivity contribution in [2.24, 2.45) is 0 Å². The molecule has 4 nitrogen and oxygen atoms in total. The van der Waals surface area contributed by atoms with Crippen LogP contribution in [-0.2, 0) is 16.5 Å². The molecule has 0 fully saturated rings. The number of rotatable bonds is 5. The zero-order valence-corrected chi connectivity index (χ0v) is 10.6. The van der Waals surface area contributed by atoms with E-state index in [1.807, 2.05) is 6.07 Å². The Balaban J connectivity index is 3.01. The van der Waals surface area contributed by atoms with E-state index in [9.17, 15) is 9.90 Å². The smallest absolute Gasteiger partial charge is 0.337 e. The third-order valence-corrected chi connectivity index (χ3v) is 3.01. The predicted octanol–water partition coefficient (Wildman–Crippen LogP) is 2.16. The molecule has 17 heavy (non-hydrogen) atoms. The summed E-state index contributed by atoms with van der Waals surface area (Å²) in [6.45, 7) is 0. The zero-order chi connectivity index (χ0) is 12.8. The standard InChI is InChI=1S/C12H12BrNO3/c13-7-9-6-8(2-1-5-14)3-4-10(9)11(15)12(16)17/h3-4,6,11,15H,1-2,7H2,(H,16,17). The lowest BCUT2D eigenvalue weighted by Crippen LogP contribution is -2.12. The average molecular weight is 298 g/mol. The minimum Gasteiger partial charge on any atom is -0.479 e. The molecule has 0 aromatic heterocycles. The SMILES string of the molecule is N#CCCc1ccc(C(O)C(=O)O)c(CBr)c1. The fourth-order valence-electron chi connectivity index (χ4n) is 1.53. The van der Waals surface area contributed by atoms with Crippen LogP contribution in [0.25, 0.3) is 0 Å². The highest BCUT2D eigenvalue weighted by atomic mass is 79.9. The first-order valence-corrected chi connectivity index (χ1v) is 6.17. The molecule has 90 valence electrons. The van der Waals surface area contributed by atoms with Crippen molar-refractivity contribution in [2.45, 2.75) is 24.3 Å². The van der Waals surface area contributed by atoms with Crippen LogP contribution in [0.1, 0.15) is 29.2 Å². The summed E-state index contributed by atoms with van der Waals surface area (Å²) in [5.74, 6) is -1.27. The molecule has 0 aliphatic heterocycles. The second kappa shape index (κ2) is 6.38. The number of nitrogens with zero attached hydrogens (tertiary/aromatic N) is 1. The van der Waals surface area contributed by atoms with Crippen molar-refractivity contribution >= 4 is 21.9 Å². The number of hydrogen-bond acceptors (Lipinski definition) is 3. The topological polar surface area (TPSA) is 81.3 Å². The summed E-state index contributed by atoms with van der Waals surface area (Å²) >= 11 is 3.26. The van der Waals surface area contributed by atoms with Crippen molar-refractivity contribution in [1.82, 2.24) is 0 Å². The van der Waals surface area contributed by atoms with Gasteiger partial charge in [0.15, 0.2) is 6.10 Å². The Morgan fingerprint density at radius 2 is 2.24 bits per heavy atom. The van der Waals surface area contributed by atoms with Gasteiger partial charge in [0, 0.05) is 11.8 Å². The maximum absolute atomic E-state index is 10.7. The second-order valence-corrected chi connectivity index (χ2v) is 4.13. The highest BCUT2D eigenvalue weighted by molar-refractivity contribution is 9.08. The number of carbonyl (C=O) groups is 1. The normalized spacial score (nSPS) is 11.8. The largest absolute Gasteiger partial charge is 0.479 e. The number of aliphatic hydroxyl groups excluding tert-OH is 1. The van der Waals surface area contributed by atoms with Crippen LogP contribution in [0.3, 0.4) is 0 Å². The van der Waals surface area contributed by atoms with Crippen molar-refractivity contribution < 1.29 is 15.0 Å². The van der Waals surface area contributed by atoms with Gasteiger partial charge in [-0.1, -0.05) is 34.1 Å². The van der Waals surface area contributed by atoms with E-state index in [1.165, 1.54) is 0 Å². The quantitative estimate of drug-likeness (QED) is 0.816. The van der Waals surface area contributed by atoms with E-state index < -0.39 is 12.1 Å². The van der Waals surface area contributed by atoms with Gasteiger partial charge in [-0.15, -0.1) is 0 Å². The predicted molar refractivity (Wildman–Crippen MR) is 65.6 cm³/mol. The molecule has 1 atom stereocenters. The number of aliphatic carboxylic acids is 1. The average Bonchev–Trinajstić information content (AvgIpc) is 2.34. The molecule has 0 bridgehead atoms. The molecule has 1 rings (SSSR count). The second-order valence-electron chi connectivity index (χ2n) is 3.57. The van der Waals surface area contributed by atoms with Crippen LogP contribution >= 0.6 is 15.9 Å². The fourth-order valence-corrected chi connectivity index (χ4v) is 2.02. The van der Waals surface area contributed by atoms with Gasteiger partial charge in [0.05, 0.1) is 6.07 Å². The Labute approximate surface area is 108 Å². The lowest BCUT2D eigenvalue weighted by molar-refractivity contribution is -0.147. The molecule has 1 aromatic carbocycles. The Bertz CT molecular complexity index is 454. The Morgan fingerprint density at radius 3 is 2.76 bits per heavy atom. The fraction of sp³-hybridized carbons (Fsp3) is 0.333. The minimum atomic E-state index is -1.51. The van der Waals surface area contributed by atoms with Crippen LogP contribution in [-0.4, -0.2) is 16.2 Å². The first-order valence-electron chi connectivity index (χ1n) is 5.05. The molecule has 0 aliphatic rings. The maximum atomic E-state index is 10.7. The van der Waals surface area contributed by atoms with Crippen molar-refractivity contribution in [3.63, 3.8) is 0 Å². The molecule has 0 saturated heterocycles. The Hall–Kier alpha value is -1.38. The van der Waals surface area contributed by atoms with E-state index in [4.69, 9.17) is 10.4 Å². The number of aryl methyl sites for hydroxylation is 1. The molecule has 0 aliphatic carbocycles. The van der Waals surface area contributed by atoms with Crippen molar-refractivity contribution in [3.05, 3.63) is 34.9 Å². The lowest BCUT2D eigenvalue weighted by atomic mass is 9.99.